The summed E-state index contributed by atoms with van der Waals surface area (Å²) in [6.07, 6.45) is 0.0489. The predicted molar refractivity (Wildman–Crippen MR) is 77.2 cm³/mol. The standard InChI is InChI=1S/C11H10Br2FNO3S/c12-8-2-9(13)4-10(3-8)15-5-7(1-11(15)16)6-19(14,17)18/h2-4,7H,1,5-6H2. The molecule has 1 heterocycles. The van der Waals surface area contributed by atoms with E-state index in [4.69, 9.17) is 0 Å². The molecule has 0 radical (unpaired) electrons. The van der Waals surface area contributed by atoms with Gasteiger partial charge in [0.25, 0.3) is 0 Å². The molecule has 1 aromatic carbocycles. The van der Waals surface area contributed by atoms with E-state index in [-0.39, 0.29) is 18.9 Å². The van der Waals surface area contributed by atoms with E-state index in [2.05, 4.69) is 31.9 Å². The first kappa shape index (κ1) is 14.9. The van der Waals surface area contributed by atoms with E-state index in [0.29, 0.717) is 5.69 Å². The Bertz CT molecular complexity index is 600. The molecular weight excluding hydrogens is 405 g/mol. The Kier molecular flexibility index (Phi) is 4.32. The topological polar surface area (TPSA) is 54.5 Å². The molecule has 2 rings (SSSR count). The summed E-state index contributed by atoms with van der Waals surface area (Å²) in [5.41, 5.74) is 0.657. The minimum atomic E-state index is -4.55. The van der Waals surface area contributed by atoms with E-state index in [9.17, 15) is 17.1 Å². The fourth-order valence-electron chi connectivity index (χ4n) is 2.12. The van der Waals surface area contributed by atoms with Gasteiger partial charge in [-0.1, -0.05) is 31.9 Å². The van der Waals surface area contributed by atoms with Crippen molar-refractivity contribution in [1.82, 2.24) is 0 Å². The van der Waals surface area contributed by atoms with Crippen LogP contribution in [0.4, 0.5) is 9.57 Å². The van der Waals surface area contributed by atoms with E-state index in [1.165, 1.54) is 4.90 Å². The predicted octanol–water partition coefficient (Wildman–Crippen LogP) is 2.86. The zero-order chi connectivity index (χ0) is 14.2. The Morgan fingerprint density at radius 1 is 1.26 bits per heavy atom. The van der Waals surface area contributed by atoms with Gasteiger partial charge in [0.2, 0.25) is 5.91 Å². The molecule has 1 aliphatic heterocycles. The molecule has 1 amide bonds. The summed E-state index contributed by atoms with van der Waals surface area (Å²) in [6, 6.07) is 5.34. The van der Waals surface area contributed by atoms with Crippen LogP contribution in [0.25, 0.3) is 0 Å². The lowest BCUT2D eigenvalue weighted by Gasteiger charge is -2.17. The maximum atomic E-state index is 12.7. The molecule has 19 heavy (non-hydrogen) atoms. The van der Waals surface area contributed by atoms with Crippen molar-refractivity contribution in [2.45, 2.75) is 6.42 Å². The Balaban J connectivity index is 2.20. The number of anilines is 1. The molecule has 1 aromatic rings. The third-order valence-electron chi connectivity index (χ3n) is 2.80. The van der Waals surface area contributed by atoms with Crippen molar-refractivity contribution in [2.24, 2.45) is 5.92 Å². The molecule has 4 nitrogen and oxygen atoms in total. The molecule has 1 unspecified atom stereocenters. The highest BCUT2D eigenvalue weighted by molar-refractivity contribution is 9.11. The Labute approximate surface area is 127 Å². The SMILES string of the molecule is O=C1CC(CS(=O)(=O)F)CN1c1cc(Br)cc(Br)c1. The van der Waals surface area contributed by atoms with Crippen LogP contribution in [0.15, 0.2) is 27.1 Å². The maximum absolute atomic E-state index is 12.7. The van der Waals surface area contributed by atoms with Crippen molar-refractivity contribution in [3.05, 3.63) is 27.1 Å². The smallest absolute Gasteiger partial charge is 0.302 e. The van der Waals surface area contributed by atoms with Crippen molar-refractivity contribution in [3.63, 3.8) is 0 Å². The molecule has 0 bridgehead atoms. The largest absolute Gasteiger partial charge is 0.312 e. The molecule has 104 valence electrons. The quantitative estimate of drug-likeness (QED) is 0.714. The van der Waals surface area contributed by atoms with Gasteiger partial charge in [0.15, 0.2) is 0 Å². The van der Waals surface area contributed by atoms with Gasteiger partial charge >= 0.3 is 10.2 Å². The second kappa shape index (κ2) is 5.49. The molecule has 8 heteroatoms. The molecule has 1 aliphatic rings. The first-order valence-corrected chi connectivity index (χ1v) is 8.57. The monoisotopic (exact) mass is 413 g/mol. The Hall–Kier alpha value is -0.470. The van der Waals surface area contributed by atoms with Crippen molar-refractivity contribution in [1.29, 1.82) is 0 Å². The van der Waals surface area contributed by atoms with Crippen LogP contribution in [0.3, 0.4) is 0 Å². The fraction of sp³-hybridized carbons (Fsp3) is 0.364. The van der Waals surface area contributed by atoms with Crippen LogP contribution in [0.2, 0.25) is 0 Å². The van der Waals surface area contributed by atoms with Crippen molar-refractivity contribution >= 4 is 53.7 Å². The zero-order valence-electron chi connectivity index (χ0n) is 9.64. The second-order valence-electron chi connectivity index (χ2n) is 4.41. The molecule has 1 fully saturated rings. The molecule has 0 aromatic heterocycles. The van der Waals surface area contributed by atoms with Gasteiger partial charge in [-0.05, 0) is 18.2 Å². The third kappa shape index (κ3) is 4.00. The van der Waals surface area contributed by atoms with Gasteiger partial charge in [0, 0.05) is 33.5 Å². The van der Waals surface area contributed by atoms with Gasteiger partial charge in [0.1, 0.15) is 0 Å². The first-order chi connectivity index (χ1) is 8.74. The van der Waals surface area contributed by atoms with Gasteiger partial charge in [-0.3, -0.25) is 4.79 Å². The number of rotatable bonds is 3. The molecular formula is C11H10Br2FNO3S. The van der Waals surface area contributed by atoms with E-state index in [0.717, 1.165) is 8.95 Å². The normalized spacial score (nSPS) is 20.1. The van der Waals surface area contributed by atoms with Crippen LogP contribution in [-0.4, -0.2) is 26.6 Å². The highest BCUT2D eigenvalue weighted by atomic mass is 79.9. The highest BCUT2D eigenvalue weighted by Crippen LogP contribution is 2.31. The van der Waals surface area contributed by atoms with Gasteiger partial charge in [-0.25, -0.2) is 0 Å². The van der Waals surface area contributed by atoms with Crippen LogP contribution in [0.5, 0.6) is 0 Å². The van der Waals surface area contributed by atoms with Gasteiger partial charge < -0.3 is 4.90 Å². The minimum Gasteiger partial charge on any atom is -0.312 e. The zero-order valence-corrected chi connectivity index (χ0v) is 13.6. The summed E-state index contributed by atoms with van der Waals surface area (Å²) in [7, 11) is -4.55. The summed E-state index contributed by atoms with van der Waals surface area (Å²) in [6.45, 7) is 0.213. The molecule has 0 saturated carbocycles. The lowest BCUT2D eigenvalue weighted by Crippen LogP contribution is -2.25. The Morgan fingerprint density at radius 2 is 1.84 bits per heavy atom. The molecule has 1 atom stereocenters. The molecule has 0 spiro atoms. The molecule has 0 aliphatic carbocycles. The Morgan fingerprint density at radius 3 is 2.37 bits per heavy atom. The number of halogens is 3. The van der Waals surface area contributed by atoms with Crippen molar-refractivity contribution in [2.75, 3.05) is 17.2 Å². The number of hydrogen-bond donors (Lipinski definition) is 0. The highest BCUT2D eigenvalue weighted by Gasteiger charge is 2.33. The summed E-state index contributed by atoms with van der Waals surface area (Å²) >= 11 is 6.64. The number of nitrogens with zero attached hydrogens (tertiary/aromatic N) is 1. The first-order valence-electron chi connectivity index (χ1n) is 5.43. The fourth-order valence-corrected chi connectivity index (χ4v) is 4.18. The van der Waals surface area contributed by atoms with Gasteiger partial charge in [-0.2, -0.15) is 8.42 Å². The van der Waals surface area contributed by atoms with Crippen LogP contribution in [-0.2, 0) is 15.0 Å². The van der Waals surface area contributed by atoms with E-state index in [1.807, 2.05) is 6.07 Å². The molecule has 0 N–H and O–H groups in total. The second-order valence-corrected chi connectivity index (χ2v) is 7.65. The average Bonchev–Trinajstić information content (AvgIpc) is 2.54. The summed E-state index contributed by atoms with van der Waals surface area (Å²) < 4.78 is 35.5. The van der Waals surface area contributed by atoms with Crippen LogP contribution >= 0.6 is 31.9 Å². The van der Waals surface area contributed by atoms with Crippen LogP contribution < -0.4 is 4.90 Å². The minimum absolute atomic E-state index is 0.0489. The number of carbonyl (C=O) groups is 1. The average molecular weight is 415 g/mol. The maximum Gasteiger partial charge on any atom is 0.302 e. The van der Waals surface area contributed by atoms with Gasteiger partial charge in [-0.15, -0.1) is 3.89 Å². The van der Waals surface area contributed by atoms with E-state index < -0.39 is 21.9 Å². The lowest BCUT2D eigenvalue weighted by molar-refractivity contribution is -0.117. The van der Waals surface area contributed by atoms with E-state index >= 15 is 0 Å². The summed E-state index contributed by atoms with van der Waals surface area (Å²) in [5.74, 6) is -1.30. The van der Waals surface area contributed by atoms with Crippen molar-refractivity contribution in [3.8, 4) is 0 Å². The summed E-state index contributed by atoms with van der Waals surface area (Å²) in [5, 5.41) is 0. The van der Waals surface area contributed by atoms with Crippen LogP contribution in [0.1, 0.15) is 6.42 Å². The molecule has 1 saturated heterocycles. The number of benzene rings is 1. The van der Waals surface area contributed by atoms with E-state index in [1.54, 1.807) is 12.1 Å². The van der Waals surface area contributed by atoms with Crippen molar-refractivity contribution < 1.29 is 17.1 Å². The number of amides is 1. The third-order valence-corrected chi connectivity index (χ3v) is 4.58. The number of carbonyl (C=O) groups excluding carboxylic acids is 1. The lowest BCUT2D eigenvalue weighted by atomic mass is 10.1. The van der Waals surface area contributed by atoms with Gasteiger partial charge in [0.05, 0.1) is 5.75 Å². The van der Waals surface area contributed by atoms with Crippen LogP contribution in [0, 0.1) is 5.92 Å². The summed E-state index contributed by atoms with van der Waals surface area (Å²) in [4.78, 5) is 13.3. The number of hydrogen-bond acceptors (Lipinski definition) is 3.